The third kappa shape index (κ3) is 8.52. The molecule has 45 heavy (non-hydrogen) atoms. The minimum atomic E-state index is -0.690. The van der Waals surface area contributed by atoms with Gasteiger partial charge in [0.05, 0.1) is 5.69 Å². The van der Waals surface area contributed by atoms with Crippen molar-refractivity contribution in [3.05, 3.63) is 167 Å². The van der Waals surface area contributed by atoms with E-state index in [0.29, 0.717) is 16.8 Å². The molecule has 0 radical (unpaired) electrons. The number of carbonyl (C=O) groups excluding carboxylic acids is 3. The number of para-hydroxylation sites is 1. The molecule has 0 aliphatic rings. The predicted octanol–water partition coefficient (Wildman–Crippen LogP) is 7.85. The van der Waals surface area contributed by atoms with Gasteiger partial charge in [-0.3, -0.25) is 14.4 Å². The van der Waals surface area contributed by atoms with Gasteiger partial charge in [-0.1, -0.05) is 72.8 Å². The molecule has 5 aromatic carbocycles. The fourth-order valence-corrected chi connectivity index (χ4v) is 5.31. The van der Waals surface area contributed by atoms with E-state index in [-0.39, 0.29) is 11.4 Å². The molecule has 224 valence electrons. The third-order valence-electron chi connectivity index (χ3n) is 6.55. The Bertz CT molecular complexity index is 1810. The van der Waals surface area contributed by atoms with Crippen molar-refractivity contribution in [2.45, 2.75) is 10.1 Å². The van der Waals surface area contributed by atoms with Crippen LogP contribution in [0.15, 0.2) is 144 Å². The van der Waals surface area contributed by atoms with Crippen LogP contribution >= 0.6 is 11.8 Å². The van der Waals surface area contributed by atoms with Crippen molar-refractivity contribution in [1.29, 1.82) is 0 Å². The second-order valence-corrected chi connectivity index (χ2v) is 11.0. The lowest BCUT2D eigenvalue weighted by Crippen LogP contribution is -2.30. The van der Waals surface area contributed by atoms with Crippen LogP contribution in [0.1, 0.15) is 26.7 Å². The number of anilines is 2. The normalized spacial score (nSPS) is 11.7. The molecular formula is C36H27F2N3O3S. The maximum absolute atomic E-state index is 14.2. The van der Waals surface area contributed by atoms with Crippen molar-refractivity contribution < 1.29 is 23.2 Å². The number of hydrogen-bond acceptors (Lipinski definition) is 4. The van der Waals surface area contributed by atoms with Crippen molar-refractivity contribution in [2.24, 2.45) is 0 Å². The van der Waals surface area contributed by atoms with Crippen LogP contribution in [0.4, 0.5) is 20.2 Å². The summed E-state index contributed by atoms with van der Waals surface area (Å²) in [5, 5.41) is 7.41. The highest BCUT2D eigenvalue weighted by Crippen LogP contribution is 2.37. The molecule has 0 saturated heterocycles. The monoisotopic (exact) mass is 619 g/mol. The molecule has 3 amide bonds. The Morgan fingerprint density at radius 2 is 1.29 bits per heavy atom. The first-order valence-electron chi connectivity index (χ1n) is 13.9. The third-order valence-corrected chi connectivity index (χ3v) is 7.81. The first kappa shape index (κ1) is 30.9. The second kappa shape index (κ2) is 14.8. The van der Waals surface area contributed by atoms with Gasteiger partial charge >= 0.3 is 0 Å². The number of amides is 3. The zero-order valence-electron chi connectivity index (χ0n) is 23.7. The number of carbonyl (C=O) groups is 3. The highest BCUT2D eigenvalue weighted by atomic mass is 32.2. The molecule has 0 heterocycles. The van der Waals surface area contributed by atoms with Gasteiger partial charge in [0.1, 0.15) is 22.6 Å². The molecule has 0 spiro atoms. The van der Waals surface area contributed by atoms with Gasteiger partial charge in [-0.2, -0.15) is 0 Å². The molecule has 0 bridgehead atoms. The quantitative estimate of drug-likeness (QED) is 0.110. The van der Waals surface area contributed by atoms with E-state index in [2.05, 4.69) is 16.0 Å². The van der Waals surface area contributed by atoms with Crippen LogP contribution in [0.2, 0.25) is 0 Å². The first-order chi connectivity index (χ1) is 21.9. The summed E-state index contributed by atoms with van der Waals surface area (Å²) >= 11 is 1.27. The number of benzene rings is 5. The summed E-state index contributed by atoms with van der Waals surface area (Å²) < 4.78 is 27.7. The maximum Gasteiger partial charge on any atom is 0.272 e. The maximum atomic E-state index is 14.2. The van der Waals surface area contributed by atoms with Gasteiger partial charge in [0.15, 0.2) is 0 Å². The Morgan fingerprint density at radius 3 is 1.96 bits per heavy atom. The van der Waals surface area contributed by atoms with Gasteiger partial charge in [0.25, 0.3) is 11.8 Å². The van der Waals surface area contributed by atoms with E-state index >= 15 is 0 Å². The Hall–Kier alpha value is -5.54. The highest BCUT2D eigenvalue weighted by molar-refractivity contribution is 8.00. The van der Waals surface area contributed by atoms with E-state index in [4.69, 9.17) is 0 Å². The molecular weight excluding hydrogens is 592 g/mol. The molecule has 0 fully saturated rings. The topological polar surface area (TPSA) is 87.3 Å². The van der Waals surface area contributed by atoms with Gasteiger partial charge in [0, 0.05) is 16.1 Å². The Morgan fingerprint density at radius 1 is 0.667 bits per heavy atom. The number of nitrogens with one attached hydrogen (secondary N) is 3. The van der Waals surface area contributed by atoms with Crippen LogP contribution in [0.25, 0.3) is 6.08 Å². The summed E-state index contributed by atoms with van der Waals surface area (Å²) in [5.41, 5.74) is 2.11. The summed E-state index contributed by atoms with van der Waals surface area (Å²) in [6, 6.07) is 35.9. The van der Waals surface area contributed by atoms with E-state index in [1.165, 1.54) is 54.2 Å². The smallest absolute Gasteiger partial charge is 0.272 e. The van der Waals surface area contributed by atoms with Crippen LogP contribution in [0, 0.1) is 11.6 Å². The SMILES string of the molecule is O=C(Nc1ccc(SC(C(=O)Nc2ccccc2F)c2ccccc2)cc1)/C(=C/c1ccc(F)cc1)NC(=O)c1ccccc1. The fraction of sp³-hybridized carbons (Fsp3) is 0.0278. The standard InChI is InChI=1S/C36H27F2N3O3S/c37-27-17-15-24(16-18-27)23-32(41-34(42)26-11-5-2-6-12-26)35(43)39-28-19-21-29(22-20-28)45-33(25-9-3-1-4-10-25)36(44)40-31-14-8-7-13-30(31)38/h1-23,33H,(H,39,43)(H,40,44)(H,41,42)/b32-23-. The van der Waals surface area contributed by atoms with Gasteiger partial charge < -0.3 is 16.0 Å². The molecule has 6 nitrogen and oxygen atoms in total. The summed E-state index contributed by atoms with van der Waals surface area (Å²) in [7, 11) is 0. The highest BCUT2D eigenvalue weighted by Gasteiger charge is 2.23. The second-order valence-electron chi connectivity index (χ2n) is 9.79. The number of hydrogen-bond donors (Lipinski definition) is 3. The van der Waals surface area contributed by atoms with Crippen molar-refractivity contribution >= 4 is 46.9 Å². The van der Waals surface area contributed by atoms with Crippen LogP contribution in [0.5, 0.6) is 0 Å². The van der Waals surface area contributed by atoms with Crippen LogP contribution in [0.3, 0.4) is 0 Å². The number of halogens is 2. The van der Waals surface area contributed by atoms with Crippen molar-refractivity contribution in [3.63, 3.8) is 0 Å². The summed E-state index contributed by atoms with van der Waals surface area (Å²) in [6.07, 6.45) is 1.46. The minimum absolute atomic E-state index is 0.0390. The predicted molar refractivity (Wildman–Crippen MR) is 173 cm³/mol. The summed E-state index contributed by atoms with van der Waals surface area (Å²) in [5.74, 6) is -2.42. The zero-order chi connectivity index (χ0) is 31.6. The van der Waals surface area contributed by atoms with Crippen LogP contribution < -0.4 is 16.0 Å². The average Bonchev–Trinajstić information content (AvgIpc) is 3.06. The Kier molecular flexibility index (Phi) is 10.1. The van der Waals surface area contributed by atoms with E-state index < -0.39 is 34.6 Å². The number of rotatable bonds is 10. The van der Waals surface area contributed by atoms with Gasteiger partial charge in [-0.15, -0.1) is 11.8 Å². The van der Waals surface area contributed by atoms with Gasteiger partial charge in [-0.05, 0) is 77.9 Å². The van der Waals surface area contributed by atoms with Gasteiger partial charge in [0.2, 0.25) is 5.91 Å². The van der Waals surface area contributed by atoms with E-state index in [9.17, 15) is 23.2 Å². The number of thioether (sulfide) groups is 1. The molecule has 0 aromatic heterocycles. The lowest BCUT2D eigenvalue weighted by Gasteiger charge is -2.18. The molecule has 0 aliphatic heterocycles. The lowest BCUT2D eigenvalue weighted by molar-refractivity contribution is -0.116. The largest absolute Gasteiger partial charge is 0.322 e. The molecule has 5 rings (SSSR count). The molecule has 5 aromatic rings. The molecule has 1 unspecified atom stereocenters. The Balaban J connectivity index is 1.32. The molecule has 9 heteroatoms. The van der Waals surface area contributed by atoms with E-state index in [0.717, 1.165) is 10.5 Å². The van der Waals surface area contributed by atoms with Gasteiger partial charge in [-0.25, -0.2) is 8.78 Å². The molecule has 3 N–H and O–H groups in total. The van der Waals surface area contributed by atoms with Crippen LogP contribution in [-0.4, -0.2) is 17.7 Å². The molecule has 1 atom stereocenters. The minimum Gasteiger partial charge on any atom is -0.322 e. The average molecular weight is 620 g/mol. The molecule has 0 saturated carbocycles. The van der Waals surface area contributed by atoms with Crippen molar-refractivity contribution in [2.75, 3.05) is 10.6 Å². The molecule has 0 aliphatic carbocycles. The van der Waals surface area contributed by atoms with Crippen LogP contribution in [-0.2, 0) is 9.59 Å². The van der Waals surface area contributed by atoms with E-state index in [1.807, 2.05) is 30.3 Å². The van der Waals surface area contributed by atoms with Crippen molar-refractivity contribution in [3.8, 4) is 0 Å². The summed E-state index contributed by atoms with van der Waals surface area (Å²) in [4.78, 5) is 40.2. The first-order valence-corrected chi connectivity index (χ1v) is 14.8. The Labute approximate surface area is 263 Å². The van der Waals surface area contributed by atoms with Crippen molar-refractivity contribution in [1.82, 2.24) is 5.32 Å². The lowest BCUT2D eigenvalue weighted by atomic mass is 10.1. The zero-order valence-corrected chi connectivity index (χ0v) is 24.6. The fourth-order valence-electron chi connectivity index (χ4n) is 4.28. The van der Waals surface area contributed by atoms with E-state index in [1.54, 1.807) is 66.7 Å². The summed E-state index contributed by atoms with van der Waals surface area (Å²) in [6.45, 7) is 0.